The van der Waals surface area contributed by atoms with Gasteiger partial charge in [-0.05, 0) is 19.3 Å². The molecule has 0 aromatic rings. The van der Waals surface area contributed by atoms with Gasteiger partial charge in [0.15, 0.2) is 0 Å². The summed E-state index contributed by atoms with van der Waals surface area (Å²) in [6.07, 6.45) is 3.94. The number of hydrogen-bond donors (Lipinski definition) is 4. The Kier molecular flexibility index (Phi) is 10.3. The van der Waals surface area contributed by atoms with Gasteiger partial charge in [0.25, 0.3) is 0 Å². The van der Waals surface area contributed by atoms with Crippen LogP contribution in [0.15, 0.2) is 0 Å². The molecule has 8 nitrogen and oxygen atoms in total. The minimum absolute atomic E-state index is 0.157. The summed E-state index contributed by atoms with van der Waals surface area (Å²) in [6, 6.07) is -0.735. The number of nitrogens with one attached hydrogen (secondary N) is 4. The molecule has 0 aromatic carbocycles. The highest BCUT2D eigenvalue weighted by Crippen LogP contribution is 2.20. The molecular formula is C14H24N4O4S2. The van der Waals surface area contributed by atoms with Gasteiger partial charge in [0.1, 0.15) is 0 Å². The summed E-state index contributed by atoms with van der Waals surface area (Å²) in [6.45, 7) is 2.36. The van der Waals surface area contributed by atoms with Crippen molar-refractivity contribution in [3.8, 4) is 0 Å². The minimum atomic E-state index is -0.504. The summed E-state index contributed by atoms with van der Waals surface area (Å²) in [4.78, 5) is 45.5. The maximum Gasteiger partial charge on any atom is 0.321 e. The van der Waals surface area contributed by atoms with E-state index in [1.807, 2.05) is 6.92 Å². The topological polar surface area (TPSA) is 116 Å². The molecule has 0 spiro atoms. The Morgan fingerprint density at radius 1 is 1.00 bits per heavy atom. The molecule has 1 fully saturated rings. The van der Waals surface area contributed by atoms with Crippen molar-refractivity contribution in [3.05, 3.63) is 0 Å². The number of unbranched alkanes of at least 4 members (excludes halogenated alkanes) is 1. The summed E-state index contributed by atoms with van der Waals surface area (Å²) in [5, 5.41) is 9.75. The van der Waals surface area contributed by atoms with Gasteiger partial charge in [0.05, 0.1) is 5.75 Å². The Balaban J connectivity index is 1.93. The van der Waals surface area contributed by atoms with Crippen LogP contribution >= 0.6 is 21.6 Å². The highest BCUT2D eigenvalue weighted by molar-refractivity contribution is 8.76. The van der Waals surface area contributed by atoms with E-state index in [0.29, 0.717) is 18.7 Å². The van der Waals surface area contributed by atoms with Gasteiger partial charge in [-0.1, -0.05) is 34.9 Å². The van der Waals surface area contributed by atoms with E-state index in [2.05, 4.69) is 21.3 Å². The Labute approximate surface area is 149 Å². The average Bonchev–Trinajstić information content (AvgIpc) is 3.32. The molecule has 1 saturated carbocycles. The van der Waals surface area contributed by atoms with Crippen molar-refractivity contribution in [3.63, 3.8) is 0 Å². The third-order valence-corrected chi connectivity index (χ3v) is 5.19. The SMILES string of the molecule is CCCCC(=O)NC(=O)NCCSSCC(=O)NC(=O)NC1CC1. The zero-order valence-corrected chi connectivity index (χ0v) is 15.3. The number of rotatable bonds is 10. The summed E-state index contributed by atoms with van der Waals surface area (Å²) in [5.41, 5.74) is 0. The van der Waals surface area contributed by atoms with Crippen molar-refractivity contribution in [1.82, 2.24) is 21.3 Å². The van der Waals surface area contributed by atoms with E-state index in [0.717, 1.165) is 25.7 Å². The third kappa shape index (κ3) is 11.2. The van der Waals surface area contributed by atoms with Gasteiger partial charge in [0, 0.05) is 24.8 Å². The molecule has 0 radical (unpaired) electrons. The van der Waals surface area contributed by atoms with Crippen LogP contribution in [0.1, 0.15) is 39.0 Å². The van der Waals surface area contributed by atoms with Crippen LogP contribution in [0.4, 0.5) is 9.59 Å². The summed E-state index contributed by atoms with van der Waals surface area (Å²) < 4.78 is 0. The molecule has 0 atom stereocenters. The maximum atomic E-state index is 11.5. The van der Waals surface area contributed by atoms with E-state index in [-0.39, 0.29) is 23.6 Å². The Hall–Kier alpha value is -1.42. The quantitative estimate of drug-likeness (QED) is 0.338. The zero-order valence-electron chi connectivity index (χ0n) is 13.7. The van der Waals surface area contributed by atoms with Crippen LogP contribution in [0.3, 0.4) is 0 Å². The second-order valence-electron chi connectivity index (χ2n) is 5.29. The van der Waals surface area contributed by atoms with Crippen LogP contribution in [0.25, 0.3) is 0 Å². The molecule has 1 aliphatic carbocycles. The van der Waals surface area contributed by atoms with Crippen molar-refractivity contribution in [2.45, 2.75) is 45.1 Å². The third-order valence-electron chi connectivity index (χ3n) is 2.92. The summed E-state index contributed by atoms with van der Waals surface area (Å²) in [5.74, 6) is 0.114. The number of urea groups is 2. The first-order chi connectivity index (χ1) is 11.5. The first-order valence-electron chi connectivity index (χ1n) is 7.93. The Morgan fingerprint density at radius 2 is 1.71 bits per heavy atom. The van der Waals surface area contributed by atoms with Gasteiger partial charge >= 0.3 is 12.1 Å². The smallest absolute Gasteiger partial charge is 0.321 e. The van der Waals surface area contributed by atoms with Gasteiger partial charge in [-0.2, -0.15) is 0 Å². The van der Waals surface area contributed by atoms with Crippen molar-refractivity contribution >= 4 is 45.5 Å². The number of hydrogen-bond acceptors (Lipinski definition) is 6. The van der Waals surface area contributed by atoms with Crippen molar-refractivity contribution in [2.24, 2.45) is 0 Å². The molecule has 0 saturated heterocycles. The lowest BCUT2D eigenvalue weighted by atomic mass is 10.2. The lowest BCUT2D eigenvalue weighted by molar-refractivity contribution is -0.120. The minimum Gasteiger partial charge on any atom is -0.337 e. The molecular weight excluding hydrogens is 352 g/mol. The predicted molar refractivity (Wildman–Crippen MR) is 95.7 cm³/mol. The van der Waals surface area contributed by atoms with E-state index in [9.17, 15) is 19.2 Å². The van der Waals surface area contributed by atoms with E-state index in [4.69, 9.17) is 0 Å². The van der Waals surface area contributed by atoms with Crippen LogP contribution < -0.4 is 21.3 Å². The monoisotopic (exact) mass is 376 g/mol. The van der Waals surface area contributed by atoms with Crippen LogP contribution in [-0.2, 0) is 9.59 Å². The lowest BCUT2D eigenvalue weighted by Crippen LogP contribution is -2.41. The number of carbonyl (C=O) groups is 4. The second kappa shape index (κ2) is 12.0. The van der Waals surface area contributed by atoms with Crippen LogP contribution in [0.5, 0.6) is 0 Å². The molecule has 4 N–H and O–H groups in total. The molecule has 0 heterocycles. The van der Waals surface area contributed by atoms with E-state index in [1.165, 1.54) is 21.6 Å². The summed E-state index contributed by atoms with van der Waals surface area (Å²) in [7, 11) is 2.71. The first-order valence-corrected chi connectivity index (χ1v) is 10.4. The molecule has 0 aliphatic heterocycles. The zero-order chi connectivity index (χ0) is 17.8. The van der Waals surface area contributed by atoms with Crippen molar-refractivity contribution in [2.75, 3.05) is 18.1 Å². The van der Waals surface area contributed by atoms with Crippen molar-refractivity contribution in [1.29, 1.82) is 0 Å². The molecule has 0 aromatic heterocycles. The maximum absolute atomic E-state index is 11.5. The normalized spacial score (nSPS) is 13.0. The average molecular weight is 377 g/mol. The van der Waals surface area contributed by atoms with Gasteiger partial charge in [-0.15, -0.1) is 0 Å². The number of imide groups is 2. The van der Waals surface area contributed by atoms with Gasteiger partial charge < -0.3 is 10.6 Å². The second-order valence-corrected chi connectivity index (χ2v) is 7.87. The molecule has 136 valence electrons. The molecule has 0 bridgehead atoms. The molecule has 10 heteroatoms. The van der Waals surface area contributed by atoms with Gasteiger partial charge in [0.2, 0.25) is 11.8 Å². The van der Waals surface area contributed by atoms with Crippen LogP contribution in [0.2, 0.25) is 0 Å². The predicted octanol–water partition coefficient (Wildman–Crippen LogP) is 1.37. The van der Waals surface area contributed by atoms with Gasteiger partial charge in [-0.25, -0.2) is 9.59 Å². The fraction of sp³-hybridized carbons (Fsp3) is 0.714. The van der Waals surface area contributed by atoms with E-state index >= 15 is 0 Å². The lowest BCUT2D eigenvalue weighted by Gasteiger charge is -2.07. The van der Waals surface area contributed by atoms with Crippen LogP contribution in [-0.4, -0.2) is 48.0 Å². The fourth-order valence-corrected chi connectivity index (χ4v) is 3.28. The Bertz CT molecular complexity index is 458. The highest BCUT2D eigenvalue weighted by Gasteiger charge is 2.23. The van der Waals surface area contributed by atoms with Crippen molar-refractivity contribution < 1.29 is 19.2 Å². The van der Waals surface area contributed by atoms with Gasteiger partial charge in [-0.3, -0.25) is 20.2 Å². The first kappa shape index (κ1) is 20.6. The summed E-state index contributed by atoms with van der Waals surface area (Å²) >= 11 is 0. The van der Waals surface area contributed by atoms with E-state index < -0.39 is 12.1 Å². The standard InChI is InChI=1S/C14H24N4O4S2/c1-2-3-4-11(19)17-13(21)15-7-8-23-24-9-12(20)18-14(22)16-10-5-6-10/h10H,2-9H2,1H3,(H2,15,17,19,21)(H2,16,18,20,22). The Morgan fingerprint density at radius 3 is 2.38 bits per heavy atom. The fourth-order valence-electron chi connectivity index (χ4n) is 1.54. The molecule has 1 rings (SSSR count). The molecule has 0 unspecified atom stereocenters. The largest absolute Gasteiger partial charge is 0.337 e. The number of carbonyl (C=O) groups excluding carboxylic acids is 4. The molecule has 6 amide bonds. The van der Waals surface area contributed by atoms with E-state index in [1.54, 1.807) is 0 Å². The number of amides is 6. The molecule has 1 aliphatic rings. The van der Waals surface area contributed by atoms with Crippen LogP contribution in [0, 0.1) is 0 Å². The molecule has 24 heavy (non-hydrogen) atoms. The highest BCUT2D eigenvalue weighted by atomic mass is 33.1.